The highest BCUT2D eigenvalue weighted by Crippen LogP contribution is 2.41. The Balaban J connectivity index is 1.70. The lowest BCUT2D eigenvalue weighted by atomic mass is 9.71. The minimum Gasteiger partial charge on any atom is -0.462 e. The first-order valence-corrected chi connectivity index (χ1v) is 11.2. The van der Waals surface area contributed by atoms with Gasteiger partial charge in [-0.15, -0.1) is 0 Å². The number of nitriles is 1. The fourth-order valence-corrected chi connectivity index (χ4v) is 4.83. The monoisotopic (exact) mass is 361 g/mol. The van der Waals surface area contributed by atoms with Crippen LogP contribution in [0.3, 0.4) is 0 Å². The van der Waals surface area contributed by atoms with Crippen LogP contribution < -0.4 is 0 Å². The van der Waals surface area contributed by atoms with Crippen LogP contribution >= 0.6 is 0 Å². The topological polar surface area (TPSA) is 50.1 Å². The van der Waals surface area contributed by atoms with E-state index >= 15 is 0 Å². The predicted molar refractivity (Wildman–Crippen MR) is 106 cm³/mol. The summed E-state index contributed by atoms with van der Waals surface area (Å²) in [6, 6.07) is 2.59. The first-order chi connectivity index (χ1) is 12.6. The maximum Gasteiger partial charge on any atom is 0.309 e. The zero-order valence-corrected chi connectivity index (χ0v) is 17.1. The Hall–Kier alpha value is -1.04. The number of ether oxygens (including phenoxy) is 1. The smallest absolute Gasteiger partial charge is 0.309 e. The van der Waals surface area contributed by atoms with Crippen molar-refractivity contribution in [3.05, 3.63) is 0 Å². The number of esters is 1. The van der Waals surface area contributed by atoms with E-state index in [-0.39, 0.29) is 23.4 Å². The van der Waals surface area contributed by atoms with Gasteiger partial charge in [0.1, 0.15) is 6.10 Å². The van der Waals surface area contributed by atoms with Crippen LogP contribution in [0.15, 0.2) is 0 Å². The van der Waals surface area contributed by atoms with Gasteiger partial charge >= 0.3 is 5.97 Å². The molecule has 0 bridgehead atoms. The van der Waals surface area contributed by atoms with Gasteiger partial charge in [-0.2, -0.15) is 5.26 Å². The highest BCUT2D eigenvalue weighted by molar-refractivity contribution is 5.72. The Kier molecular flexibility index (Phi) is 8.96. The standard InChI is InChI=1S/C23H39NO2/c1-3-5-7-15-23(18-24)16-13-21(14-17-23)26-22(25)20-11-9-19(10-12-20)8-6-4-2/h19-21H,3-17H2,1-2H3. The van der Waals surface area contributed by atoms with Crippen LogP contribution in [0.2, 0.25) is 0 Å². The largest absolute Gasteiger partial charge is 0.462 e. The minimum absolute atomic E-state index is 0.0411. The summed E-state index contributed by atoms with van der Waals surface area (Å²) in [4.78, 5) is 12.5. The molecule has 0 aromatic heterocycles. The molecule has 2 saturated carbocycles. The van der Waals surface area contributed by atoms with Crippen molar-refractivity contribution in [3.63, 3.8) is 0 Å². The Labute approximate surface area is 160 Å². The second kappa shape index (κ2) is 11.0. The van der Waals surface area contributed by atoms with Crippen LogP contribution in [0, 0.1) is 28.6 Å². The fourth-order valence-electron chi connectivity index (χ4n) is 4.83. The van der Waals surface area contributed by atoms with E-state index in [4.69, 9.17) is 4.74 Å². The third kappa shape index (κ3) is 6.29. The van der Waals surface area contributed by atoms with Crippen LogP contribution in [-0.4, -0.2) is 12.1 Å². The van der Waals surface area contributed by atoms with E-state index in [2.05, 4.69) is 19.9 Å². The lowest BCUT2D eigenvalue weighted by molar-refractivity contribution is -0.158. The molecule has 2 aliphatic rings. The summed E-state index contributed by atoms with van der Waals surface area (Å²) in [6.07, 6.45) is 16.5. The number of unbranched alkanes of at least 4 members (excludes halogenated alkanes) is 3. The van der Waals surface area contributed by atoms with Crippen molar-refractivity contribution in [3.8, 4) is 6.07 Å². The van der Waals surface area contributed by atoms with Crippen molar-refractivity contribution in [2.24, 2.45) is 17.3 Å². The van der Waals surface area contributed by atoms with E-state index in [9.17, 15) is 10.1 Å². The van der Waals surface area contributed by atoms with Crippen molar-refractivity contribution in [1.82, 2.24) is 0 Å². The van der Waals surface area contributed by atoms with Crippen LogP contribution in [0.25, 0.3) is 0 Å². The molecule has 0 amide bonds. The van der Waals surface area contributed by atoms with Crippen molar-refractivity contribution in [2.75, 3.05) is 0 Å². The molecule has 3 heteroatoms. The van der Waals surface area contributed by atoms with E-state index in [0.29, 0.717) is 0 Å². The lowest BCUT2D eigenvalue weighted by Gasteiger charge is -2.35. The number of carbonyl (C=O) groups is 1. The van der Waals surface area contributed by atoms with E-state index in [1.54, 1.807) is 0 Å². The molecule has 148 valence electrons. The van der Waals surface area contributed by atoms with Gasteiger partial charge in [-0.1, -0.05) is 52.4 Å². The molecule has 0 aromatic carbocycles. The average Bonchev–Trinajstić information content (AvgIpc) is 2.68. The third-order valence-electron chi connectivity index (χ3n) is 6.81. The van der Waals surface area contributed by atoms with Crippen molar-refractivity contribution in [2.45, 2.75) is 116 Å². The van der Waals surface area contributed by atoms with E-state index in [1.165, 1.54) is 44.9 Å². The average molecular weight is 362 g/mol. The van der Waals surface area contributed by atoms with E-state index in [1.807, 2.05) is 0 Å². The second-order valence-corrected chi connectivity index (χ2v) is 8.85. The molecule has 0 atom stereocenters. The third-order valence-corrected chi connectivity index (χ3v) is 6.81. The molecule has 26 heavy (non-hydrogen) atoms. The first kappa shape index (κ1) is 21.3. The Morgan fingerprint density at radius 2 is 1.65 bits per heavy atom. The summed E-state index contributed by atoms with van der Waals surface area (Å²) in [5.74, 6) is 0.993. The first-order valence-electron chi connectivity index (χ1n) is 11.2. The van der Waals surface area contributed by atoms with Gasteiger partial charge in [0.05, 0.1) is 17.4 Å². The molecule has 2 fully saturated rings. The number of hydrogen-bond acceptors (Lipinski definition) is 3. The van der Waals surface area contributed by atoms with Gasteiger partial charge in [0.2, 0.25) is 0 Å². The van der Waals surface area contributed by atoms with Gasteiger partial charge in [0.25, 0.3) is 0 Å². The van der Waals surface area contributed by atoms with Gasteiger partial charge in [0.15, 0.2) is 0 Å². The van der Waals surface area contributed by atoms with Crippen molar-refractivity contribution >= 4 is 5.97 Å². The molecule has 2 aliphatic carbocycles. The molecule has 0 aromatic rings. The van der Waals surface area contributed by atoms with Crippen LogP contribution in [0.1, 0.15) is 110 Å². The molecule has 0 heterocycles. The SMILES string of the molecule is CCCCCC1(C#N)CCC(OC(=O)C2CCC(CCCC)CC2)CC1. The fraction of sp³-hybridized carbons (Fsp3) is 0.913. The zero-order valence-electron chi connectivity index (χ0n) is 17.1. The maximum absolute atomic E-state index is 12.5. The van der Waals surface area contributed by atoms with Gasteiger partial charge in [-0.25, -0.2) is 0 Å². The van der Waals surface area contributed by atoms with Crippen LogP contribution in [-0.2, 0) is 9.53 Å². The Morgan fingerprint density at radius 3 is 2.23 bits per heavy atom. The minimum atomic E-state index is -0.157. The molecule has 0 unspecified atom stereocenters. The molecule has 0 saturated heterocycles. The van der Waals surface area contributed by atoms with Crippen LogP contribution in [0.4, 0.5) is 0 Å². The second-order valence-electron chi connectivity index (χ2n) is 8.85. The molecule has 0 aliphatic heterocycles. The predicted octanol–water partition coefficient (Wildman–Crippen LogP) is 6.56. The molecular formula is C23H39NO2. The summed E-state index contributed by atoms with van der Waals surface area (Å²) in [5, 5.41) is 9.64. The van der Waals surface area contributed by atoms with E-state index in [0.717, 1.165) is 57.3 Å². The highest BCUT2D eigenvalue weighted by atomic mass is 16.5. The molecule has 0 spiro atoms. The van der Waals surface area contributed by atoms with Crippen molar-refractivity contribution in [1.29, 1.82) is 5.26 Å². The summed E-state index contributed by atoms with van der Waals surface area (Å²) >= 11 is 0. The number of nitrogens with zero attached hydrogens (tertiary/aromatic N) is 1. The van der Waals surface area contributed by atoms with Gasteiger partial charge in [0, 0.05) is 0 Å². The molecular weight excluding hydrogens is 322 g/mol. The summed E-state index contributed by atoms with van der Waals surface area (Å²) < 4.78 is 5.86. The Bertz CT molecular complexity index is 451. The maximum atomic E-state index is 12.5. The quantitative estimate of drug-likeness (QED) is 0.345. The number of hydrogen-bond donors (Lipinski definition) is 0. The molecule has 3 nitrogen and oxygen atoms in total. The van der Waals surface area contributed by atoms with Gasteiger partial charge in [-0.05, 0) is 63.7 Å². The van der Waals surface area contributed by atoms with Gasteiger partial charge in [-0.3, -0.25) is 4.79 Å². The van der Waals surface area contributed by atoms with E-state index < -0.39 is 0 Å². The zero-order chi connectivity index (χ0) is 18.8. The number of carbonyl (C=O) groups excluding carboxylic acids is 1. The molecule has 0 radical (unpaired) electrons. The molecule has 2 rings (SSSR count). The molecule has 0 N–H and O–H groups in total. The summed E-state index contributed by atoms with van der Waals surface area (Å²) in [5.41, 5.74) is -0.157. The van der Waals surface area contributed by atoms with Gasteiger partial charge < -0.3 is 4.74 Å². The highest BCUT2D eigenvalue weighted by Gasteiger charge is 2.37. The normalized spacial score (nSPS) is 32.0. The lowest BCUT2D eigenvalue weighted by Crippen LogP contribution is -2.33. The Morgan fingerprint density at radius 1 is 1.00 bits per heavy atom. The summed E-state index contributed by atoms with van der Waals surface area (Å²) in [7, 11) is 0. The number of rotatable bonds is 9. The van der Waals surface area contributed by atoms with Crippen LogP contribution in [0.5, 0.6) is 0 Å². The van der Waals surface area contributed by atoms with Crippen molar-refractivity contribution < 1.29 is 9.53 Å². The summed E-state index contributed by atoms with van der Waals surface area (Å²) in [6.45, 7) is 4.45.